The lowest BCUT2D eigenvalue weighted by atomic mass is 10.6. The van der Waals surface area contributed by atoms with E-state index >= 15 is 0 Å². The minimum absolute atomic E-state index is 0. The normalized spacial score (nSPS) is 21.0. The fourth-order valence-corrected chi connectivity index (χ4v) is 4.22. The van der Waals surface area contributed by atoms with Gasteiger partial charge in [-0.1, -0.05) is 23.4 Å². The van der Waals surface area contributed by atoms with Gasteiger partial charge >= 0.3 is 0 Å². The Morgan fingerprint density at radius 3 is 2.22 bits per heavy atom. The minimum atomic E-state index is 0. The summed E-state index contributed by atoms with van der Waals surface area (Å²) in [5.74, 6) is 2.73. The summed E-state index contributed by atoms with van der Waals surface area (Å²) in [6.07, 6.45) is 1.40. The molecule has 0 saturated carbocycles. The summed E-state index contributed by atoms with van der Waals surface area (Å²) in [6, 6.07) is 0. The van der Waals surface area contributed by atoms with Crippen LogP contribution in [0, 0.1) is 0 Å². The molecule has 1 saturated heterocycles. The molecule has 56 valence electrons. The molecule has 1 heterocycles. The number of alkyl halides is 1. The SMILES string of the molecule is BrCC1SCCCS1.C. The van der Waals surface area contributed by atoms with Gasteiger partial charge in [0.15, 0.2) is 0 Å². The first kappa shape index (κ1) is 10.2. The van der Waals surface area contributed by atoms with Gasteiger partial charge in [-0.3, -0.25) is 0 Å². The molecule has 0 amide bonds. The van der Waals surface area contributed by atoms with Crippen LogP contribution in [0.4, 0.5) is 0 Å². The number of rotatable bonds is 1. The number of hydrogen-bond acceptors (Lipinski definition) is 2. The molecule has 0 radical (unpaired) electrons. The molecule has 0 spiro atoms. The fraction of sp³-hybridized carbons (Fsp3) is 1.00. The van der Waals surface area contributed by atoms with E-state index in [1.165, 1.54) is 17.9 Å². The first-order valence-corrected chi connectivity index (χ1v) is 5.94. The van der Waals surface area contributed by atoms with Gasteiger partial charge in [-0.2, -0.15) is 0 Å². The predicted octanol–water partition coefficient (Wildman–Crippen LogP) is 3.21. The lowest BCUT2D eigenvalue weighted by molar-refractivity contribution is 1.10. The number of hydrogen-bond donors (Lipinski definition) is 0. The van der Waals surface area contributed by atoms with E-state index in [0.717, 1.165) is 9.91 Å². The topological polar surface area (TPSA) is 0 Å². The average Bonchev–Trinajstić information content (AvgIpc) is 1.90. The highest BCUT2D eigenvalue weighted by Crippen LogP contribution is 2.31. The van der Waals surface area contributed by atoms with Crippen molar-refractivity contribution in [1.29, 1.82) is 0 Å². The smallest absolute Gasteiger partial charge is 0.0599 e. The molecular formula is C6H13BrS2. The van der Waals surface area contributed by atoms with E-state index in [0.29, 0.717) is 0 Å². The Balaban J connectivity index is 0.000000640. The molecule has 1 aliphatic rings. The summed E-state index contributed by atoms with van der Waals surface area (Å²) in [5.41, 5.74) is 0. The van der Waals surface area contributed by atoms with Crippen molar-refractivity contribution in [2.24, 2.45) is 0 Å². The molecule has 0 aliphatic carbocycles. The van der Waals surface area contributed by atoms with E-state index in [9.17, 15) is 0 Å². The summed E-state index contributed by atoms with van der Waals surface area (Å²) in [7, 11) is 0. The van der Waals surface area contributed by atoms with Crippen molar-refractivity contribution < 1.29 is 0 Å². The van der Waals surface area contributed by atoms with Gasteiger partial charge in [-0.15, -0.1) is 23.5 Å². The van der Waals surface area contributed by atoms with Gasteiger partial charge < -0.3 is 0 Å². The van der Waals surface area contributed by atoms with Crippen molar-refractivity contribution in [3.63, 3.8) is 0 Å². The highest BCUT2D eigenvalue weighted by Gasteiger charge is 2.11. The Morgan fingerprint density at radius 1 is 1.33 bits per heavy atom. The Bertz CT molecular complexity index is 62.1. The molecule has 0 aromatic carbocycles. The molecule has 0 N–H and O–H groups in total. The molecule has 0 aromatic rings. The van der Waals surface area contributed by atoms with Crippen LogP contribution >= 0.6 is 39.5 Å². The van der Waals surface area contributed by atoms with Crippen LogP contribution in [0.5, 0.6) is 0 Å². The van der Waals surface area contributed by atoms with Crippen LogP contribution in [0.1, 0.15) is 13.8 Å². The van der Waals surface area contributed by atoms with E-state index in [1.807, 2.05) is 0 Å². The van der Waals surface area contributed by atoms with E-state index in [1.54, 1.807) is 0 Å². The van der Waals surface area contributed by atoms with Crippen LogP contribution in [0.3, 0.4) is 0 Å². The van der Waals surface area contributed by atoms with E-state index in [4.69, 9.17) is 0 Å². The molecule has 1 aliphatic heterocycles. The van der Waals surface area contributed by atoms with Crippen molar-refractivity contribution in [3.05, 3.63) is 0 Å². The standard InChI is InChI=1S/C5H9BrS2.CH4/c6-4-5-7-2-1-3-8-5;/h5H,1-4H2;1H4. The number of halogens is 1. The van der Waals surface area contributed by atoms with Gasteiger partial charge in [0.05, 0.1) is 4.58 Å². The lowest BCUT2D eigenvalue weighted by Crippen LogP contribution is -2.06. The Kier molecular flexibility index (Phi) is 6.70. The summed E-state index contributed by atoms with van der Waals surface area (Å²) in [6.45, 7) is 0. The van der Waals surface area contributed by atoms with Crippen LogP contribution in [0.2, 0.25) is 0 Å². The summed E-state index contributed by atoms with van der Waals surface area (Å²) in [5, 5.41) is 1.16. The maximum atomic E-state index is 3.47. The molecule has 9 heavy (non-hydrogen) atoms. The Labute approximate surface area is 74.7 Å². The second-order valence-electron chi connectivity index (χ2n) is 1.68. The largest absolute Gasteiger partial charge is 0.147 e. The predicted molar refractivity (Wildman–Crippen MR) is 53.8 cm³/mol. The first-order chi connectivity index (χ1) is 3.93. The number of thioether (sulfide) groups is 2. The average molecular weight is 229 g/mol. The zero-order valence-electron chi connectivity index (χ0n) is 4.60. The van der Waals surface area contributed by atoms with Gasteiger partial charge in [0.1, 0.15) is 0 Å². The third-order valence-corrected chi connectivity index (χ3v) is 5.47. The second-order valence-corrected chi connectivity index (χ2v) is 5.25. The van der Waals surface area contributed by atoms with Crippen LogP contribution in [0.25, 0.3) is 0 Å². The van der Waals surface area contributed by atoms with Gasteiger partial charge in [0, 0.05) is 5.33 Å². The summed E-state index contributed by atoms with van der Waals surface area (Å²) in [4.78, 5) is 0. The quantitative estimate of drug-likeness (QED) is 0.633. The third kappa shape index (κ3) is 3.79. The first-order valence-electron chi connectivity index (χ1n) is 2.72. The van der Waals surface area contributed by atoms with Gasteiger partial charge in [-0.25, -0.2) is 0 Å². The third-order valence-electron chi connectivity index (χ3n) is 1.02. The van der Waals surface area contributed by atoms with E-state index < -0.39 is 0 Å². The zero-order valence-corrected chi connectivity index (χ0v) is 7.82. The summed E-state index contributed by atoms with van der Waals surface area (Å²) >= 11 is 7.63. The van der Waals surface area contributed by atoms with Crippen molar-refractivity contribution >= 4 is 39.5 Å². The molecule has 0 unspecified atom stereocenters. The van der Waals surface area contributed by atoms with Crippen molar-refractivity contribution in [1.82, 2.24) is 0 Å². The highest BCUT2D eigenvalue weighted by molar-refractivity contribution is 9.09. The molecule has 0 atom stereocenters. The van der Waals surface area contributed by atoms with Crippen LogP contribution in [0.15, 0.2) is 0 Å². The van der Waals surface area contributed by atoms with E-state index in [2.05, 4.69) is 39.5 Å². The molecule has 1 fully saturated rings. The molecule has 1 rings (SSSR count). The van der Waals surface area contributed by atoms with E-state index in [-0.39, 0.29) is 7.43 Å². The monoisotopic (exact) mass is 228 g/mol. The fourth-order valence-electron chi connectivity index (χ4n) is 0.626. The molecule has 0 nitrogen and oxygen atoms in total. The maximum Gasteiger partial charge on any atom is 0.0599 e. The van der Waals surface area contributed by atoms with Crippen molar-refractivity contribution in [2.75, 3.05) is 16.8 Å². The summed E-state index contributed by atoms with van der Waals surface area (Å²) < 4.78 is 0.837. The molecule has 0 aromatic heterocycles. The van der Waals surface area contributed by atoms with Crippen LogP contribution < -0.4 is 0 Å². The minimum Gasteiger partial charge on any atom is -0.147 e. The zero-order chi connectivity index (χ0) is 5.82. The van der Waals surface area contributed by atoms with Gasteiger partial charge in [0.2, 0.25) is 0 Å². The molecule has 3 heteroatoms. The second kappa shape index (κ2) is 5.93. The molecular weight excluding hydrogens is 216 g/mol. The Morgan fingerprint density at radius 2 is 1.89 bits per heavy atom. The molecule has 0 bridgehead atoms. The highest BCUT2D eigenvalue weighted by atomic mass is 79.9. The van der Waals surface area contributed by atoms with Crippen LogP contribution in [-0.2, 0) is 0 Å². The van der Waals surface area contributed by atoms with Gasteiger partial charge in [-0.05, 0) is 17.9 Å². The lowest BCUT2D eigenvalue weighted by Gasteiger charge is -2.17. The maximum absolute atomic E-state index is 3.47. The Hall–Kier alpha value is 1.18. The van der Waals surface area contributed by atoms with Crippen molar-refractivity contribution in [3.8, 4) is 0 Å². The van der Waals surface area contributed by atoms with Crippen LogP contribution in [-0.4, -0.2) is 21.4 Å². The van der Waals surface area contributed by atoms with Gasteiger partial charge in [0.25, 0.3) is 0 Å². The van der Waals surface area contributed by atoms with Crippen molar-refractivity contribution in [2.45, 2.75) is 18.4 Å².